The number of methoxy groups -OCH3 is 1. The smallest absolute Gasteiger partial charge is 0.247 e. The molecule has 0 spiro atoms. The molecule has 2 fully saturated rings. The molecule has 166 valence electrons. The summed E-state index contributed by atoms with van der Waals surface area (Å²) in [6, 6.07) is 4.81. The zero-order valence-corrected chi connectivity index (χ0v) is 19.1. The lowest BCUT2D eigenvalue weighted by Gasteiger charge is -2.47. The molecule has 1 saturated heterocycles. The van der Waals surface area contributed by atoms with Gasteiger partial charge in [-0.1, -0.05) is 30.9 Å². The summed E-state index contributed by atoms with van der Waals surface area (Å²) in [7, 11) is -2.22. The van der Waals surface area contributed by atoms with Gasteiger partial charge in [0.25, 0.3) is 0 Å². The molecule has 0 aromatic heterocycles. The van der Waals surface area contributed by atoms with Gasteiger partial charge >= 0.3 is 0 Å². The van der Waals surface area contributed by atoms with E-state index in [9.17, 15) is 18.0 Å². The number of carbonyl (C=O) groups is 2. The Balaban J connectivity index is 2.05. The molecule has 8 nitrogen and oxygen atoms in total. The second-order valence-electron chi connectivity index (χ2n) is 8.16. The summed E-state index contributed by atoms with van der Waals surface area (Å²) in [4.78, 5) is 28.0. The summed E-state index contributed by atoms with van der Waals surface area (Å²) in [6.07, 6.45) is 5.97. The maximum Gasteiger partial charge on any atom is 0.247 e. The molecule has 0 bridgehead atoms. The van der Waals surface area contributed by atoms with Gasteiger partial charge in [-0.15, -0.1) is 0 Å². The van der Waals surface area contributed by atoms with E-state index in [4.69, 9.17) is 16.3 Å². The number of hydrogen-bond donors (Lipinski definition) is 1. The minimum atomic E-state index is -3.68. The van der Waals surface area contributed by atoms with Crippen molar-refractivity contribution in [3.8, 4) is 5.75 Å². The number of carbonyl (C=O) groups excluding carboxylic acids is 2. The summed E-state index contributed by atoms with van der Waals surface area (Å²) in [5.74, 6) is -0.538. The van der Waals surface area contributed by atoms with E-state index in [1.807, 2.05) is 0 Å². The molecule has 1 aromatic carbocycles. The van der Waals surface area contributed by atoms with Gasteiger partial charge in [-0.05, 0) is 38.0 Å². The third kappa shape index (κ3) is 4.58. The Morgan fingerprint density at radius 2 is 1.93 bits per heavy atom. The molecule has 30 heavy (non-hydrogen) atoms. The maximum atomic E-state index is 13.5. The molecule has 2 amide bonds. The van der Waals surface area contributed by atoms with Gasteiger partial charge in [-0.25, -0.2) is 8.42 Å². The Hall–Kier alpha value is -1.84. The van der Waals surface area contributed by atoms with Crippen LogP contribution in [0, 0.1) is 0 Å². The van der Waals surface area contributed by atoms with E-state index in [1.165, 1.54) is 12.0 Å². The summed E-state index contributed by atoms with van der Waals surface area (Å²) in [5, 5.41) is 3.42. The van der Waals surface area contributed by atoms with Crippen molar-refractivity contribution in [2.45, 2.75) is 50.6 Å². The molecule has 1 saturated carbocycles. The maximum absolute atomic E-state index is 13.5. The van der Waals surface area contributed by atoms with Crippen LogP contribution in [0.15, 0.2) is 18.2 Å². The molecule has 3 rings (SSSR count). The first kappa shape index (κ1) is 22.8. The van der Waals surface area contributed by atoms with Gasteiger partial charge in [0.1, 0.15) is 11.3 Å². The van der Waals surface area contributed by atoms with Gasteiger partial charge in [0.05, 0.1) is 25.6 Å². The van der Waals surface area contributed by atoms with Crippen LogP contribution in [-0.2, 0) is 19.6 Å². The third-order valence-corrected chi connectivity index (χ3v) is 7.25. The van der Waals surface area contributed by atoms with Gasteiger partial charge in [0.2, 0.25) is 21.8 Å². The van der Waals surface area contributed by atoms with Crippen molar-refractivity contribution in [3.63, 3.8) is 0 Å². The Kier molecular flexibility index (Phi) is 6.64. The number of anilines is 1. The number of piperazine rings is 1. The number of hydrogen-bond acceptors (Lipinski definition) is 5. The molecule has 2 aliphatic rings. The number of sulfonamides is 1. The van der Waals surface area contributed by atoms with Crippen LogP contribution in [0.2, 0.25) is 5.02 Å². The number of benzene rings is 1. The first-order chi connectivity index (χ1) is 14.1. The average Bonchev–Trinajstić information content (AvgIpc) is 2.67. The fourth-order valence-corrected chi connectivity index (χ4v) is 5.20. The molecule has 10 heteroatoms. The summed E-state index contributed by atoms with van der Waals surface area (Å²) in [5.41, 5.74) is -1.13. The predicted molar refractivity (Wildman–Crippen MR) is 115 cm³/mol. The molecular formula is C20H28ClN3O5S. The van der Waals surface area contributed by atoms with E-state index in [0.29, 0.717) is 16.5 Å². The van der Waals surface area contributed by atoms with Crippen LogP contribution in [0.5, 0.6) is 5.75 Å². The van der Waals surface area contributed by atoms with Gasteiger partial charge in [0.15, 0.2) is 0 Å². The first-order valence-electron chi connectivity index (χ1n) is 9.99. The second kappa shape index (κ2) is 8.72. The van der Waals surface area contributed by atoms with Gasteiger partial charge < -0.3 is 10.1 Å². The van der Waals surface area contributed by atoms with Crippen molar-refractivity contribution >= 4 is 39.1 Å². The van der Waals surface area contributed by atoms with E-state index in [-0.39, 0.29) is 19.1 Å². The standard InChI is InChI=1S/C20H28ClN3O5S/c1-20(19(26)22-15-7-5-4-6-8-15)13-23(30(3,27)28)12-18(25)24(20)16-11-14(21)9-10-17(16)29-2/h9-11,15H,4-8,12-13H2,1-3H3,(H,22,26)/t20-/m1/s1. The van der Waals surface area contributed by atoms with Crippen LogP contribution in [0.3, 0.4) is 0 Å². The first-order valence-corrected chi connectivity index (χ1v) is 12.2. The molecule has 1 atom stereocenters. The van der Waals surface area contributed by atoms with E-state index >= 15 is 0 Å². The molecule has 1 aliphatic heterocycles. The van der Waals surface area contributed by atoms with Crippen LogP contribution in [0.1, 0.15) is 39.0 Å². The number of rotatable bonds is 5. The third-order valence-electron chi connectivity index (χ3n) is 5.82. The van der Waals surface area contributed by atoms with Crippen LogP contribution >= 0.6 is 11.6 Å². The number of halogens is 1. The molecule has 0 unspecified atom stereocenters. The molecule has 0 radical (unpaired) electrons. The fraction of sp³-hybridized carbons (Fsp3) is 0.600. The lowest BCUT2D eigenvalue weighted by Crippen LogP contribution is -2.70. The molecule has 1 heterocycles. The van der Waals surface area contributed by atoms with Crippen molar-refractivity contribution in [2.75, 3.05) is 31.4 Å². The highest BCUT2D eigenvalue weighted by Crippen LogP contribution is 2.38. The van der Waals surface area contributed by atoms with Crippen molar-refractivity contribution in [1.29, 1.82) is 0 Å². The summed E-state index contributed by atoms with van der Waals surface area (Å²) in [6.45, 7) is 1.06. The van der Waals surface area contributed by atoms with Crippen molar-refractivity contribution in [1.82, 2.24) is 9.62 Å². The van der Waals surface area contributed by atoms with Gasteiger partial charge in [-0.2, -0.15) is 4.31 Å². The van der Waals surface area contributed by atoms with E-state index < -0.39 is 27.4 Å². The zero-order valence-electron chi connectivity index (χ0n) is 17.5. The number of amides is 2. The van der Waals surface area contributed by atoms with Crippen LogP contribution in [0.25, 0.3) is 0 Å². The van der Waals surface area contributed by atoms with E-state index in [0.717, 1.165) is 42.7 Å². The zero-order chi connectivity index (χ0) is 22.1. The SMILES string of the molecule is COc1ccc(Cl)cc1N1C(=O)CN(S(C)(=O)=O)C[C@]1(C)C(=O)NC1CCCCC1. The lowest BCUT2D eigenvalue weighted by molar-refractivity contribution is -0.133. The highest BCUT2D eigenvalue weighted by Gasteiger charge is 2.51. The number of ether oxygens (including phenoxy) is 1. The van der Waals surface area contributed by atoms with E-state index in [1.54, 1.807) is 25.1 Å². The Labute approximate surface area is 182 Å². The largest absolute Gasteiger partial charge is 0.495 e. The van der Waals surface area contributed by atoms with Crippen molar-refractivity contribution < 1.29 is 22.7 Å². The molecular weight excluding hydrogens is 430 g/mol. The lowest BCUT2D eigenvalue weighted by atomic mass is 9.91. The summed E-state index contributed by atoms with van der Waals surface area (Å²) < 4.78 is 30.9. The summed E-state index contributed by atoms with van der Waals surface area (Å²) >= 11 is 6.17. The quantitative estimate of drug-likeness (QED) is 0.730. The second-order valence-corrected chi connectivity index (χ2v) is 10.6. The van der Waals surface area contributed by atoms with Crippen LogP contribution in [-0.4, -0.2) is 62.6 Å². The Morgan fingerprint density at radius 1 is 1.27 bits per heavy atom. The highest BCUT2D eigenvalue weighted by atomic mass is 35.5. The number of nitrogens with one attached hydrogen (secondary N) is 1. The Bertz CT molecular complexity index is 932. The Morgan fingerprint density at radius 3 is 2.53 bits per heavy atom. The van der Waals surface area contributed by atoms with Crippen LogP contribution in [0.4, 0.5) is 5.69 Å². The minimum Gasteiger partial charge on any atom is -0.495 e. The topological polar surface area (TPSA) is 96.0 Å². The van der Waals surface area contributed by atoms with Crippen LogP contribution < -0.4 is 15.0 Å². The van der Waals surface area contributed by atoms with Crippen molar-refractivity contribution in [3.05, 3.63) is 23.2 Å². The fourth-order valence-electron chi connectivity index (χ4n) is 4.20. The molecule has 1 N–H and O–H groups in total. The van der Waals surface area contributed by atoms with Crippen molar-refractivity contribution in [2.24, 2.45) is 0 Å². The monoisotopic (exact) mass is 457 g/mol. The highest BCUT2D eigenvalue weighted by molar-refractivity contribution is 7.88. The predicted octanol–water partition coefficient (Wildman–Crippen LogP) is 2.16. The normalized spacial score (nSPS) is 24.0. The number of nitrogens with zero attached hydrogens (tertiary/aromatic N) is 2. The van der Waals surface area contributed by atoms with E-state index in [2.05, 4.69) is 5.32 Å². The van der Waals surface area contributed by atoms with Gasteiger partial charge in [0, 0.05) is 17.6 Å². The average molecular weight is 458 g/mol. The molecule has 1 aromatic rings. The van der Waals surface area contributed by atoms with Gasteiger partial charge in [-0.3, -0.25) is 14.5 Å². The molecule has 1 aliphatic carbocycles. The minimum absolute atomic E-state index is 0.00916.